The van der Waals surface area contributed by atoms with E-state index in [1.165, 1.54) is 44.8 Å². The second-order valence-electron chi connectivity index (χ2n) is 6.39. The van der Waals surface area contributed by atoms with E-state index in [0.717, 1.165) is 25.8 Å². The third-order valence-corrected chi connectivity index (χ3v) is 6.32. The molecule has 1 aliphatic carbocycles. The summed E-state index contributed by atoms with van der Waals surface area (Å²) in [5.41, 5.74) is 0. The molecule has 0 heterocycles. The molecule has 0 aromatic rings. The van der Waals surface area contributed by atoms with Gasteiger partial charge < -0.3 is 5.32 Å². The maximum Gasteiger partial charge on any atom is 0.150 e. The van der Waals surface area contributed by atoms with Gasteiger partial charge in [-0.15, -0.1) is 0 Å². The number of sulfone groups is 1. The third-order valence-electron chi connectivity index (χ3n) is 4.68. The molecule has 1 saturated carbocycles. The number of rotatable bonds is 9. The average Bonchev–Trinajstić information content (AvgIpc) is 2.41. The van der Waals surface area contributed by atoms with Crippen molar-refractivity contribution in [3.8, 4) is 0 Å². The van der Waals surface area contributed by atoms with Crippen LogP contribution in [0.3, 0.4) is 0 Å². The van der Waals surface area contributed by atoms with Crippen molar-refractivity contribution in [2.45, 2.75) is 82.9 Å². The first-order valence-electron chi connectivity index (χ1n) is 8.41. The van der Waals surface area contributed by atoms with Crippen LogP contribution in [0, 0.1) is 5.92 Å². The van der Waals surface area contributed by atoms with Crippen LogP contribution in [0.5, 0.6) is 0 Å². The molecule has 4 heteroatoms. The van der Waals surface area contributed by atoms with Gasteiger partial charge in [-0.05, 0) is 38.1 Å². The van der Waals surface area contributed by atoms with Crippen LogP contribution in [0.25, 0.3) is 0 Å². The molecule has 3 unspecified atom stereocenters. The molecule has 1 aliphatic rings. The van der Waals surface area contributed by atoms with Crippen molar-refractivity contribution in [2.24, 2.45) is 5.92 Å². The highest BCUT2D eigenvalue weighted by Crippen LogP contribution is 2.32. The molecule has 0 aromatic carbocycles. The van der Waals surface area contributed by atoms with Crippen LogP contribution in [0.4, 0.5) is 0 Å². The highest BCUT2D eigenvalue weighted by molar-refractivity contribution is 7.91. The van der Waals surface area contributed by atoms with Gasteiger partial charge in [-0.1, -0.05) is 46.0 Å². The lowest BCUT2D eigenvalue weighted by Crippen LogP contribution is -2.41. The molecule has 1 N–H and O–H groups in total. The van der Waals surface area contributed by atoms with Crippen molar-refractivity contribution >= 4 is 9.84 Å². The van der Waals surface area contributed by atoms with Gasteiger partial charge in [-0.25, -0.2) is 8.42 Å². The Labute approximate surface area is 125 Å². The molecule has 0 aromatic heterocycles. The van der Waals surface area contributed by atoms with E-state index in [1.54, 1.807) is 0 Å². The molecule has 0 spiro atoms. The monoisotopic (exact) mass is 303 g/mol. The van der Waals surface area contributed by atoms with Crippen LogP contribution in [-0.2, 0) is 9.84 Å². The second kappa shape index (κ2) is 9.04. The molecule has 3 nitrogen and oxygen atoms in total. The van der Waals surface area contributed by atoms with Crippen LogP contribution >= 0.6 is 0 Å². The average molecular weight is 304 g/mol. The lowest BCUT2D eigenvalue weighted by atomic mass is 9.81. The van der Waals surface area contributed by atoms with Crippen molar-refractivity contribution in [3.05, 3.63) is 0 Å². The Balaban J connectivity index is 2.52. The normalized spacial score (nSPS) is 25.6. The van der Waals surface area contributed by atoms with Gasteiger partial charge in [-0.3, -0.25) is 0 Å². The summed E-state index contributed by atoms with van der Waals surface area (Å²) >= 11 is 0. The van der Waals surface area contributed by atoms with Crippen LogP contribution in [-0.4, -0.2) is 32.5 Å². The Morgan fingerprint density at radius 2 is 1.90 bits per heavy atom. The molecule has 0 radical (unpaired) electrons. The quantitative estimate of drug-likeness (QED) is 0.663. The predicted octanol–water partition coefficient (Wildman–Crippen LogP) is 3.54. The number of unbranched alkanes of at least 4 members (excludes halogenated alkanes) is 3. The Kier molecular flexibility index (Phi) is 8.11. The van der Waals surface area contributed by atoms with Crippen molar-refractivity contribution in [1.29, 1.82) is 0 Å². The van der Waals surface area contributed by atoms with Gasteiger partial charge in [0.15, 0.2) is 0 Å². The van der Waals surface area contributed by atoms with Crippen molar-refractivity contribution in [2.75, 3.05) is 12.8 Å². The fourth-order valence-corrected chi connectivity index (χ4v) is 4.68. The minimum absolute atomic E-state index is 0.0990. The number of hydrogen-bond acceptors (Lipinski definition) is 3. The Morgan fingerprint density at radius 1 is 1.15 bits per heavy atom. The minimum Gasteiger partial charge on any atom is -0.314 e. The fraction of sp³-hybridized carbons (Fsp3) is 1.00. The van der Waals surface area contributed by atoms with Crippen LogP contribution in [0.2, 0.25) is 0 Å². The van der Waals surface area contributed by atoms with Gasteiger partial charge in [0.25, 0.3) is 0 Å². The topological polar surface area (TPSA) is 46.2 Å². The Hall–Kier alpha value is -0.0900. The second-order valence-corrected chi connectivity index (χ2v) is 8.72. The molecule has 0 amide bonds. The van der Waals surface area contributed by atoms with E-state index in [4.69, 9.17) is 0 Å². The molecule has 20 heavy (non-hydrogen) atoms. The summed E-state index contributed by atoms with van der Waals surface area (Å²) in [6.07, 6.45) is 11.8. The van der Waals surface area contributed by atoms with Crippen molar-refractivity contribution in [3.63, 3.8) is 0 Å². The van der Waals surface area contributed by atoms with E-state index in [-0.39, 0.29) is 5.25 Å². The summed E-state index contributed by atoms with van der Waals surface area (Å²) in [7, 11) is -2.86. The summed E-state index contributed by atoms with van der Waals surface area (Å²) in [6, 6.07) is 0.515. The number of nitrogens with one attached hydrogen (secondary N) is 1. The van der Waals surface area contributed by atoms with Crippen LogP contribution < -0.4 is 5.32 Å². The van der Waals surface area contributed by atoms with Crippen molar-refractivity contribution in [1.82, 2.24) is 5.32 Å². The molecule has 0 aliphatic heterocycles. The highest BCUT2D eigenvalue weighted by atomic mass is 32.2. The molecule has 1 fully saturated rings. The smallest absolute Gasteiger partial charge is 0.150 e. The molecular formula is C16H33NO2S. The summed E-state index contributed by atoms with van der Waals surface area (Å²) in [4.78, 5) is 0. The summed E-state index contributed by atoms with van der Waals surface area (Å²) < 4.78 is 23.6. The molecule has 3 atom stereocenters. The van der Waals surface area contributed by atoms with Gasteiger partial charge >= 0.3 is 0 Å². The fourth-order valence-electron chi connectivity index (χ4n) is 3.49. The molecule has 1 rings (SSSR count). The van der Waals surface area contributed by atoms with Gasteiger partial charge in [-0.2, -0.15) is 0 Å². The van der Waals surface area contributed by atoms with Crippen molar-refractivity contribution < 1.29 is 8.42 Å². The molecule has 0 saturated heterocycles. The summed E-state index contributed by atoms with van der Waals surface area (Å²) in [5.74, 6) is 0.546. The first kappa shape index (κ1) is 18.0. The van der Waals surface area contributed by atoms with E-state index < -0.39 is 9.84 Å². The maximum atomic E-state index is 11.8. The van der Waals surface area contributed by atoms with Gasteiger partial charge in [0, 0.05) is 12.3 Å². The lowest BCUT2D eigenvalue weighted by molar-refractivity contribution is 0.257. The van der Waals surface area contributed by atoms with Crippen LogP contribution in [0.1, 0.15) is 71.6 Å². The molecule has 120 valence electrons. The van der Waals surface area contributed by atoms with Gasteiger partial charge in [0.1, 0.15) is 9.84 Å². The van der Waals surface area contributed by atoms with E-state index in [2.05, 4.69) is 19.2 Å². The maximum absolute atomic E-state index is 11.8. The molecule has 0 bridgehead atoms. The summed E-state index contributed by atoms with van der Waals surface area (Å²) in [5, 5.41) is 3.51. The SMILES string of the molecule is CCCCCCC(NCC)C1CCCC(S(C)(=O)=O)C1. The van der Waals surface area contributed by atoms with E-state index >= 15 is 0 Å². The zero-order valence-electron chi connectivity index (χ0n) is 13.5. The Morgan fingerprint density at radius 3 is 2.50 bits per heavy atom. The van der Waals surface area contributed by atoms with Gasteiger partial charge in [0.05, 0.1) is 5.25 Å². The zero-order valence-corrected chi connectivity index (χ0v) is 14.3. The Bertz CT molecular complexity index is 353. The zero-order chi connectivity index (χ0) is 15.0. The largest absolute Gasteiger partial charge is 0.314 e. The minimum atomic E-state index is -2.86. The standard InChI is InChI=1S/C16H33NO2S/c1-4-6-7-8-12-16(17-5-2)14-10-9-11-15(13-14)20(3,18)19/h14-17H,4-13H2,1-3H3. The number of hydrogen-bond donors (Lipinski definition) is 1. The highest BCUT2D eigenvalue weighted by Gasteiger charge is 2.32. The van der Waals surface area contributed by atoms with Crippen LogP contribution in [0.15, 0.2) is 0 Å². The predicted molar refractivity (Wildman–Crippen MR) is 86.8 cm³/mol. The first-order chi connectivity index (χ1) is 9.49. The lowest BCUT2D eigenvalue weighted by Gasteiger charge is -2.34. The van der Waals surface area contributed by atoms with E-state index in [9.17, 15) is 8.42 Å². The van der Waals surface area contributed by atoms with E-state index in [1.807, 2.05) is 0 Å². The first-order valence-corrected chi connectivity index (χ1v) is 10.4. The van der Waals surface area contributed by atoms with E-state index in [0.29, 0.717) is 12.0 Å². The summed E-state index contributed by atoms with van der Waals surface area (Å²) in [6.45, 7) is 5.37. The van der Waals surface area contributed by atoms with Gasteiger partial charge in [0.2, 0.25) is 0 Å². The third kappa shape index (κ3) is 6.13. The molecular weight excluding hydrogens is 270 g/mol.